The molecule has 4 nitrogen and oxygen atoms in total. The van der Waals surface area contributed by atoms with E-state index in [9.17, 15) is 4.79 Å². The average Bonchev–Trinajstić information content (AvgIpc) is 2.33. The Morgan fingerprint density at radius 1 is 1.24 bits per heavy atom. The molecule has 2 fully saturated rings. The van der Waals surface area contributed by atoms with Gasteiger partial charge >= 0.3 is 0 Å². The Hall–Kier alpha value is -0.610. The average molecular weight is 239 g/mol. The Morgan fingerprint density at radius 3 is 2.41 bits per heavy atom. The highest BCUT2D eigenvalue weighted by molar-refractivity contribution is 5.79. The van der Waals surface area contributed by atoms with Crippen molar-refractivity contribution in [3.8, 4) is 0 Å². The van der Waals surface area contributed by atoms with Crippen molar-refractivity contribution in [1.29, 1.82) is 0 Å². The first-order valence-corrected chi connectivity index (χ1v) is 6.90. The SMILES string of the molecule is CCNCC(=O)N1CC2(CCN(CC)CC2)C1. The summed E-state index contributed by atoms with van der Waals surface area (Å²) in [5.41, 5.74) is 0.466. The Morgan fingerprint density at radius 2 is 1.88 bits per heavy atom. The van der Waals surface area contributed by atoms with Crippen molar-refractivity contribution in [2.45, 2.75) is 26.7 Å². The standard InChI is InChI=1S/C13H25N3O/c1-3-14-9-12(17)16-10-13(11-16)5-7-15(4-2)8-6-13/h14H,3-11H2,1-2H3. The van der Waals surface area contributed by atoms with E-state index in [0.717, 1.165) is 19.6 Å². The second-order valence-corrected chi connectivity index (χ2v) is 5.46. The highest BCUT2D eigenvalue weighted by atomic mass is 16.2. The number of likely N-dealkylation sites (N-methyl/N-ethyl adjacent to an activating group) is 1. The van der Waals surface area contributed by atoms with Crippen molar-refractivity contribution < 1.29 is 4.79 Å². The van der Waals surface area contributed by atoms with E-state index in [0.29, 0.717) is 12.0 Å². The number of hydrogen-bond donors (Lipinski definition) is 1. The number of rotatable bonds is 4. The van der Waals surface area contributed by atoms with E-state index >= 15 is 0 Å². The summed E-state index contributed by atoms with van der Waals surface area (Å²) in [4.78, 5) is 16.3. The molecule has 0 atom stereocenters. The van der Waals surface area contributed by atoms with Crippen molar-refractivity contribution in [2.24, 2.45) is 5.41 Å². The summed E-state index contributed by atoms with van der Waals surface area (Å²) >= 11 is 0. The molecule has 1 N–H and O–H groups in total. The minimum atomic E-state index is 0.274. The minimum absolute atomic E-state index is 0.274. The summed E-state index contributed by atoms with van der Waals surface area (Å²) < 4.78 is 0. The van der Waals surface area contributed by atoms with Gasteiger partial charge in [-0.15, -0.1) is 0 Å². The van der Waals surface area contributed by atoms with E-state index < -0.39 is 0 Å². The molecule has 4 heteroatoms. The van der Waals surface area contributed by atoms with Gasteiger partial charge in [-0.2, -0.15) is 0 Å². The quantitative estimate of drug-likeness (QED) is 0.778. The Bertz CT molecular complexity index is 264. The number of piperidine rings is 1. The van der Waals surface area contributed by atoms with Gasteiger partial charge in [0.1, 0.15) is 0 Å². The number of amides is 1. The molecule has 0 aromatic heterocycles. The molecule has 1 spiro atoms. The van der Waals surface area contributed by atoms with Crippen LogP contribution in [0.25, 0.3) is 0 Å². The van der Waals surface area contributed by atoms with Gasteiger partial charge in [-0.1, -0.05) is 13.8 Å². The molecule has 2 rings (SSSR count). The third-order valence-corrected chi connectivity index (χ3v) is 4.30. The van der Waals surface area contributed by atoms with Crippen LogP contribution < -0.4 is 5.32 Å². The van der Waals surface area contributed by atoms with E-state index in [1.807, 2.05) is 11.8 Å². The lowest BCUT2D eigenvalue weighted by Crippen LogP contribution is -2.62. The normalized spacial score (nSPS) is 23.8. The lowest BCUT2D eigenvalue weighted by Gasteiger charge is -2.54. The smallest absolute Gasteiger partial charge is 0.236 e. The first kappa shape index (κ1) is 12.8. The van der Waals surface area contributed by atoms with Crippen molar-refractivity contribution in [2.75, 3.05) is 45.8 Å². The van der Waals surface area contributed by atoms with E-state index in [1.54, 1.807) is 0 Å². The van der Waals surface area contributed by atoms with E-state index in [2.05, 4.69) is 17.1 Å². The molecule has 0 aromatic rings. The van der Waals surface area contributed by atoms with Crippen LogP contribution in [0.1, 0.15) is 26.7 Å². The Kier molecular flexibility index (Phi) is 4.05. The summed E-state index contributed by atoms with van der Waals surface area (Å²) in [6.45, 7) is 11.2. The van der Waals surface area contributed by atoms with Crippen LogP contribution in [0.3, 0.4) is 0 Å². The van der Waals surface area contributed by atoms with Crippen LogP contribution in [0, 0.1) is 5.41 Å². The third-order valence-electron chi connectivity index (χ3n) is 4.30. The predicted molar refractivity (Wildman–Crippen MR) is 68.9 cm³/mol. The molecular weight excluding hydrogens is 214 g/mol. The van der Waals surface area contributed by atoms with Crippen LogP contribution in [0.15, 0.2) is 0 Å². The summed E-state index contributed by atoms with van der Waals surface area (Å²) in [6.07, 6.45) is 2.54. The highest BCUT2D eigenvalue weighted by Crippen LogP contribution is 2.40. The second kappa shape index (κ2) is 5.36. The fourth-order valence-electron chi connectivity index (χ4n) is 2.94. The zero-order chi connectivity index (χ0) is 12.3. The van der Waals surface area contributed by atoms with E-state index in [-0.39, 0.29) is 5.91 Å². The summed E-state index contributed by atoms with van der Waals surface area (Å²) in [6, 6.07) is 0. The maximum atomic E-state index is 11.8. The van der Waals surface area contributed by atoms with Crippen LogP contribution in [-0.4, -0.2) is 61.5 Å². The molecule has 0 aliphatic carbocycles. The number of carbonyl (C=O) groups is 1. The number of nitrogens with zero attached hydrogens (tertiary/aromatic N) is 2. The summed E-state index contributed by atoms with van der Waals surface area (Å²) in [7, 11) is 0. The lowest BCUT2D eigenvalue weighted by atomic mass is 9.72. The van der Waals surface area contributed by atoms with Crippen LogP contribution in [0.4, 0.5) is 0 Å². The molecule has 2 saturated heterocycles. The molecular formula is C13H25N3O. The highest BCUT2D eigenvalue weighted by Gasteiger charge is 2.46. The van der Waals surface area contributed by atoms with Crippen LogP contribution in [-0.2, 0) is 4.79 Å². The minimum Gasteiger partial charge on any atom is -0.340 e. The number of nitrogens with one attached hydrogen (secondary N) is 1. The summed E-state index contributed by atoms with van der Waals surface area (Å²) in [5.74, 6) is 0.274. The molecule has 0 saturated carbocycles. The second-order valence-electron chi connectivity index (χ2n) is 5.46. The number of carbonyl (C=O) groups excluding carboxylic acids is 1. The fourth-order valence-corrected chi connectivity index (χ4v) is 2.94. The van der Waals surface area contributed by atoms with E-state index in [4.69, 9.17) is 0 Å². The number of likely N-dealkylation sites (tertiary alicyclic amines) is 2. The molecule has 0 radical (unpaired) electrons. The lowest BCUT2D eigenvalue weighted by molar-refractivity contribution is -0.145. The first-order chi connectivity index (χ1) is 8.19. The molecule has 0 unspecified atom stereocenters. The molecule has 2 heterocycles. The maximum Gasteiger partial charge on any atom is 0.236 e. The van der Waals surface area contributed by atoms with Gasteiger partial charge in [0, 0.05) is 18.5 Å². The van der Waals surface area contributed by atoms with Gasteiger partial charge in [0.15, 0.2) is 0 Å². The van der Waals surface area contributed by atoms with Gasteiger partial charge in [0.05, 0.1) is 6.54 Å². The van der Waals surface area contributed by atoms with Crippen LogP contribution >= 0.6 is 0 Å². The number of hydrogen-bond acceptors (Lipinski definition) is 3. The zero-order valence-corrected chi connectivity index (χ0v) is 11.2. The predicted octanol–water partition coefficient (Wildman–Crippen LogP) is 0.540. The van der Waals surface area contributed by atoms with Gasteiger partial charge < -0.3 is 15.1 Å². The van der Waals surface area contributed by atoms with E-state index in [1.165, 1.54) is 32.5 Å². The molecule has 98 valence electrons. The van der Waals surface area contributed by atoms with Crippen LogP contribution in [0.2, 0.25) is 0 Å². The van der Waals surface area contributed by atoms with Crippen molar-refractivity contribution in [3.63, 3.8) is 0 Å². The molecule has 2 aliphatic rings. The van der Waals surface area contributed by atoms with Crippen molar-refractivity contribution in [1.82, 2.24) is 15.1 Å². The molecule has 1 amide bonds. The van der Waals surface area contributed by atoms with Gasteiger partial charge in [-0.05, 0) is 39.0 Å². The summed E-state index contributed by atoms with van der Waals surface area (Å²) in [5, 5.41) is 3.11. The Balaban J connectivity index is 1.73. The van der Waals surface area contributed by atoms with Crippen molar-refractivity contribution in [3.05, 3.63) is 0 Å². The topological polar surface area (TPSA) is 35.6 Å². The molecule has 17 heavy (non-hydrogen) atoms. The van der Waals surface area contributed by atoms with Crippen molar-refractivity contribution >= 4 is 5.91 Å². The van der Waals surface area contributed by atoms with Gasteiger partial charge in [0.25, 0.3) is 0 Å². The third kappa shape index (κ3) is 2.80. The zero-order valence-electron chi connectivity index (χ0n) is 11.2. The monoisotopic (exact) mass is 239 g/mol. The molecule has 0 bridgehead atoms. The molecule has 2 aliphatic heterocycles. The van der Waals surface area contributed by atoms with Crippen LogP contribution in [0.5, 0.6) is 0 Å². The first-order valence-electron chi connectivity index (χ1n) is 6.90. The Labute approximate surface area is 104 Å². The fraction of sp³-hybridized carbons (Fsp3) is 0.923. The largest absolute Gasteiger partial charge is 0.340 e. The maximum absolute atomic E-state index is 11.8. The molecule has 0 aromatic carbocycles. The van der Waals surface area contributed by atoms with Gasteiger partial charge in [-0.25, -0.2) is 0 Å². The van der Waals surface area contributed by atoms with Gasteiger partial charge in [-0.3, -0.25) is 4.79 Å². The van der Waals surface area contributed by atoms with Gasteiger partial charge in [0.2, 0.25) is 5.91 Å².